The van der Waals surface area contributed by atoms with Crippen LogP contribution in [0.5, 0.6) is 0 Å². The van der Waals surface area contributed by atoms with Crippen LogP contribution in [0, 0.1) is 0 Å². The van der Waals surface area contributed by atoms with Gasteiger partial charge in [0.2, 0.25) is 11.8 Å². The molecule has 1 heterocycles. The van der Waals surface area contributed by atoms with Crippen LogP contribution in [0.25, 0.3) is 0 Å². The largest absolute Gasteiger partial charge is 0.373 e. The molecule has 1 aliphatic heterocycles. The number of ether oxygens (including phenoxy) is 1. The molecule has 1 saturated heterocycles. The van der Waals surface area contributed by atoms with Gasteiger partial charge in [-0.05, 0) is 6.42 Å². The fraction of sp³-hybridized carbons (Fsp3) is 0.846. The van der Waals surface area contributed by atoms with E-state index in [0.29, 0.717) is 32.7 Å². The fourth-order valence-corrected chi connectivity index (χ4v) is 1.98. The van der Waals surface area contributed by atoms with Crippen molar-refractivity contribution in [1.82, 2.24) is 10.2 Å². The van der Waals surface area contributed by atoms with Gasteiger partial charge in [-0.15, -0.1) is 0 Å². The number of nitrogens with zero attached hydrogens (tertiary/aromatic N) is 1. The van der Waals surface area contributed by atoms with Gasteiger partial charge >= 0.3 is 0 Å². The summed E-state index contributed by atoms with van der Waals surface area (Å²) in [6.07, 6.45) is 3.65. The average Bonchev–Trinajstić information content (AvgIpc) is 2.37. The van der Waals surface area contributed by atoms with Gasteiger partial charge in [-0.25, -0.2) is 0 Å². The zero-order chi connectivity index (χ0) is 13.4. The molecule has 0 spiro atoms. The van der Waals surface area contributed by atoms with Crippen LogP contribution >= 0.6 is 0 Å². The average molecular weight is 256 g/mol. The van der Waals surface area contributed by atoms with Crippen molar-refractivity contribution < 1.29 is 14.3 Å². The van der Waals surface area contributed by atoms with Crippen molar-refractivity contribution in [2.24, 2.45) is 0 Å². The maximum absolute atomic E-state index is 11.5. The molecular formula is C13H24N2O3. The van der Waals surface area contributed by atoms with Gasteiger partial charge in [0, 0.05) is 33.0 Å². The monoisotopic (exact) mass is 256 g/mol. The first-order chi connectivity index (χ1) is 8.63. The number of unbranched alkanes of at least 4 members (excludes halogenated alkanes) is 2. The van der Waals surface area contributed by atoms with E-state index in [1.807, 2.05) is 0 Å². The summed E-state index contributed by atoms with van der Waals surface area (Å²) < 4.78 is 5.53. The maximum atomic E-state index is 11.5. The van der Waals surface area contributed by atoms with Crippen molar-refractivity contribution >= 4 is 11.8 Å². The lowest BCUT2D eigenvalue weighted by Gasteiger charge is -2.32. The summed E-state index contributed by atoms with van der Waals surface area (Å²) in [6.45, 7) is 5.95. The van der Waals surface area contributed by atoms with E-state index in [1.165, 1.54) is 0 Å². The van der Waals surface area contributed by atoms with E-state index in [4.69, 9.17) is 4.74 Å². The van der Waals surface area contributed by atoms with Crippen molar-refractivity contribution in [3.8, 4) is 0 Å². The highest BCUT2D eigenvalue weighted by atomic mass is 16.5. The van der Waals surface area contributed by atoms with Gasteiger partial charge in [-0.3, -0.25) is 9.59 Å². The van der Waals surface area contributed by atoms with Crippen LogP contribution in [-0.2, 0) is 14.3 Å². The number of morpholine rings is 1. The van der Waals surface area contributed by atoms with Gasteiger partial charge in [0.1, 0.15) is 0 Å². The molecule has 0 saturated carbocycles. The lowest BCUT2D eigenvalue weighted by molar-refractivity contribution is -0.136. The van der Waals surface area contributed by atoms with E-state index in [2.05, 4.69) is 12.2 Å². The summed E-state index contributed by atoms with van der Waals surface area (Å²) in [5, 5.41) is 2.87. The van der Waals surface area contributed by atoms with E-state index < -0.39 is 0 Å². The number of hydrogen-bond acceptors (Lipinski definition) is 3. The van der Waals surface area contributed by atoms with E-state index in [0.717, 1.165) is 19.3 Å². The minimum absolute atomic E-state index is 0.0672. The third-order valence-electron chi connectivity index (χ3n) is 3.12. The van der Waals surface area contributed by atoms with Crippen LogP contribution in [0.1, 0.15) is 39.5 Å². The molecule has 0 aromatic heterocycles. The molecule has 1 N–H and O–H groups in total. The molecule has 18 heavy (non-hydrogen) atoms. The Hall–Kier alpha value is -1.10. The summed E-state index contributed by atoms with van der Waals surface area (Å²) in [7, 11) is 0. The normalized spacial score (nSPS) is 19.7. The summed E-state index contributed by atoms with van der Waals surface area (Å²) in [4.78, 5) is 24.5. The Labute approximate surface area is 109 Å². The Balaban J connectivity index is 2.18. The Bertz CT molecular complexity index is 281. The number of hydrogen-bond donors (Lipinski definition) is 1. The van der Waals surface area contributed by atoms with Crippen LogP contribution in [-0.4, -0.2) is 49.1 Å². The van der Waals surface area contributed by atoms with Crippen LogP contribution in [0.3, 0.4) is 0 Å². The second-order valence-corrected chi connectivity index (χ2v) is 4.72. The van der Waals surface area contributed by atoms with Crippen LogP contribution in [0.15, 0.2) is 0 Å². The first-order valence-corrected chi connectivity index (χ1v) is 6.77. The van der Waals surface area contributed by atoms with Gasteiger partial charge < -0.3 is 15.0 Å². The SMILES string of the molecule is CCCCCC(=O)NC[C@@H]1CN(C(C)=O)CCO1. The Morgan fingerprint density at radius 2 is 2.17 bits per heavy atom. The Morgan fingerprint density at radius 3 is 2.83 bits per heavy atom. The lowest BCUT2D eigenvalue weighted by atomic mass is 10.2. The van der Waals surface area contributed by atoms with Crippen molar-refractivity contribution in [2.75, 3.05) is 26.2 Å². The van der Waals surface area contributed by atoms with Crippen molar-refractivity contribution in [1.29, 1.82) is 0 Å². The van der Waals surface area contributed by atoms with Gasteiger partial charge in [-0.1, -0.05) is 19.8 Å². The number of carbonyl (C=O) groups is 2. The van der Waals surface area contributed by atoms with Gasteiger partial charge in [-0.2, -0.15) is 0 Å². The molecule has 1 aliphatic rings. The predicted molar refractivity (Wildman–Crippen MR) is 69.1 cm³/mol. The second-order valence-electron chi connectivity index (χ2n) is 4.72. The molecule has 5 heteroatoms. The molecule has 0 aromatic rings. The third kappa shape index (κ3) is 5.49. The molecule has 0 bridgehead atoms. The van der Waals surface area contributed by atoms with Crippen molar-refractivity contribution in [2.45, 2.75) is 45.6 Å². The standard InChI is InChI=1S/C13H24N2O3/c1-3-4-5-6-13(17)14-9-12-10-15(11(2)16)7-8-18-12/h12H,3-10H2,1-2H3,(H,14,17)/t12-/m1/s1. The molecule has 2 amide bonds. The molecule has 0 aromatic carbocycles. The molecule has 0 aliphatic carbocycles. The Morgan fingerprint density at radius 1 is 1.39 bits per heavy atom. The van der Waals surface area contributed by atoms with E-state index >= 15 is 0 Å². The fourth-order valence-electron chi connectivity index (χ4n) is 1.98. The van der Waals surface area contributed by atoms with E-state index in [-0.39, 0.29) is 17.9 Å². The zero-order valence-electron chi connectivity index (χ0n) is 11.4. The minimum Gasteiger partial charge on any atom is -0.373 e. The number of nitrogens with one attached hydrogen (secondary N) is 1. The molecule has 1 atom stereocenters. The minimum atomic E-state index is -0.0715. The van der Waals surface area contributed by atoms with Gasteiger partial charge in [0.05, 0.1) is 12.7 Å². The molecular weight excluding hydrogens is 232 g/mol. The highest BCUT2D eigenvalue weighted by Gasteiger charge is 2.22. The quantitative estimate of drug-likeness (QED) is 0.719. The smallest absolute Gasteiger partial charge is 0.220 e. The third-order valence-corrected chi connectivity index (χ3v) is 3.12. The summed E-state index contributed by atoms with van der Waals surface area (Å²) >= 11 is 0. The lowest BCUT2D eigenvalue weighted by Crippen LogP contribution is -2.49. The van der Waals surface area contributed by atoms with Crippen molar-refractivity contribution in [3.63, 3.8) is 0 Å². The highest BCUT2D eigenvalue weighted by molar-refractivity contribution is 5.76. The molecule has 0 unspecified atom stereocenters. The summed E-state index contributed by atoms with van der Waals surface area (Å²) in [5.41, 5.74) is 0. The van der Waals surface area contributed by atoms with Gasteiger partial charge in [0.15, 0.2) is 0 Å². The molecule has 1 rings (SSSR count). The van der Waals surface area contributed by atoms with E-state index in [9.17, 15) is 9.59 Å². The second kappa shape index (κ2) is 8.08. The zero-order valence-corrected chi connectivity index (χ0v) is 11.4. The topological polar surface area (TPSA) is 58.6 Å². The highest BCUT2D eigenvalue weighted by Crippen LogP contribution is 2.05. The van der Waals surface area contributed by atoms with Crippen molar-refractivity contribution in [3.05, 3.63) is 0 Å². The van der Waals surface area contributed by atoms with Crippen LogP contribution < -0.4 is 5.32 Å². The number of amides is 2. The number of carbonyl (C=O) groups excluding carboxylic acids is 2. The molecule has 104 valence electrons. The Kier molecular flexibility index (Phi) is 6.72. The summed E-state index contributed by atoms with van der Waals surface area (Å²) in [5.74, 6) is 0.143. The first kappa shape index (κ1) is 15.0. The predicted octanol–water partition coefficient (Wildman–Crippen LogP) is 0.930. The molecule has 1 fully saturated rings. The van der Waals surface area contributed by atoms with Crippen LogP contribution in [0.4, 0.5) is 0 Å². The summed E-state index contributed by atoms with van der Waals surface area (Å²) in [6, 6.07) is 0. The first-order valence-electron chi connectivity index (χ1n) is 6.77. The molecule has 0 radical (unpaired) electrons. The van der Waals surface area contributed by atoms with E-state index in [1.54, 1.807) is 11.8 Å². The molecule has 5 nitrogen and oxygen atoms in total. The van der Waals surface area contributed by atoms with Gasteiger partial charge in [0.25, 0.3) is 0 Å². The number of rotatable bonds is 6. The van der Waals surface area contributed by atoms with Crippen LogP contribution in [0.2, 0.25) is 0 Å². The maximum Gasteiger partial charge on any atom is 0.220 e.